The van der Waals surface area contributed by atoms with Gasteiger partial charge < -0.3 is 5.32 Å². The maximum absolute atomic E-state index is 3.62. The molecule has 0 radical (unpaired) electrons. The predicted molar refractivity (Wildman–Crippen MR) is 79.4 cm³/mol. The molecule has 96 valence electrons. The van der Waals surface area contributed by atoms with Gasteiger partial charge in [0.1, 0.15) is 0 Å². The van der Waals surface area contributed by atoms with Gasteiger partial charge in [0.2, 0.25) is 0 Å². The Morgan fingerprint density at radius 2 is 2.00 bits per heavy atom. The van der Waals surface area contributed by atoms with Crippen LogP contribution in [0.2, 0.25) is 0 Å². The molecule has 0 aliphatic carbocycles. The van der Waals surface area contributed by atoms with E-state index in [-0.39, 0.29) is 0 Å². The fraction of sp³-hybridized carbons (Fsp3) is 0.600. The van der Waals surface area contributed by atoms with Crippen molar-refractivity contribution in [3.05, 3.63) is 33.8 Å². The van der Waals surface area contributed by atoms with Crippen LogP contribution in [0.1, 0.15) is 56.7 Å². The van der Waals surface area contributed by atoms with E-state index in [4.69, 9.17) is 0 Å². The highest BCUT2D eigenvalue weighted by molar-refractivity contribution is 9.10. The standard InChI is InChI=1S/C15H24BrN/c1-4-6-7-8-15(17-5-2)13-10-9-12(3)14(16)11-13/h9-11,15,17H,4-8H2,1-3H3. The van der Waals surface area contributed by atoms with E-state index in [0.717, 1.165) is 6.54 Å². The SMILES string of the molecule is CCCCCC(NCC)c1ccc(C)c(Br)c1. The fourth-order valence-electron chi connectivity index (χ4n) is 2.06. The summed E-state index contributed by atoms with van der Waals surface area (Å²) in [5, 5.41) is 3.58. The molecule has 1 rings (SSSR count). The molecule has 0 aliphatic rings. The van der Waals surface area contributed by atoms with Crippen LogP contribution in [0.3, 0.4) is 0 Å². The van der Waals surface area contributed by atoms with Gasteiger partial charge in [-0.3, -0.25) is 0 Å². The van der Waals surface area contributed by atoms with E-state index in [1.54, 1.807) is 0 Å². The van der Waals surface area contributed by atoms with E-state index in [2.05, 4.69) is 60.2 Å². The van der Waals surface area contributed by atoms with Crippen LogP contribution in [-0.2, 0) is 0 Å². The Bertz CT molecular complexity index is 336. The molecule has 0 heterocycles. The Hall–Kier alpha value is -0.340. The summed E-state index contributed by atoms with van der Waals surface area (Å²) in [6.45, 7) is 7.59. The first-order valence-corrected chi connectivity index (χ1v) is 7.47. The molecule has 0 saturated carbocycles. The second kappa shape index (κ2) is 7.88. The zero-order chi connectivity index (χ0) is 12.7. The molecule has 0 spiro atoms. The van der Waals surface area contributed by atoms with E-state index in [1.807, 2.05) is 0 Å². The van der Waals surface area contributed by atoms with Gasteiger partial charge in [0.15, 0.2) is 0 Å². The highest BCUT2D eigenvalue weighted by atomic mass is 79.9. The monoisotopic (exact) mass is 297 g/mol. The number of nitrogens with one attached hydrogen (secondary N) is 1. The van der Waals surface area contributed by atoms with Gasteiger partial charge in [0.05, 0.1) is 0 Å². The molecule has 2 heteroatoms. The number of benzene rings is 1. The lowest BCUT2D eigenvalue weighted by Crippen LogP contribution is -2.20. The van der Waals surface area contributed by atoms with Crippen molar-refractivity contribution < 1.29 is 0 Å². The topological polar surface area (TPSA) is 12.0 Å². The molecular formula is C15H24BrN. The van der Waals surface area contributed by atoms with Crippen molar-refractivity contribution in [3.63, 3.8) is 0 Å². The summed E-state index contributed by atoms with van der Waals surface area (Å²) in [6, 6.07) is 7.21. The molecule has 1 nitrogen and oxygen atoms in total. The molecule has 17 heavy (non-hydrogen) atoms. The molecule has 1 atom stereocenters. The second-order valence-electron chi connectivity index (χ2n) is 4.61. The minimum Gasteiger partial charge on any atom is -0.310 e. The first kappa shape index (κ1) is 14.7. The average molecular weight is 298 g/mol. The molecule has 0 saturated heterocycles. The number of hydrogen-bond donors (Lipinski definition) is 1. The van der Waals surface area contributed by atoms with Gasteiger partial charge in [0.25, 0.3) is 0 Å². The maximum Gasteiger partial charge on any atom is 0.0320 e. The summed E-state index contributed by atoms with van der Waals surface area (Å²) in [4.78, 5) is 0. The van der Waals surface area contributed by atoms with E-state index < -0.39 is 0 Å². The predicted octanol–water partition coefficient (Wildman–Crippen LogP) is 4.99. The third-order valence-corrected chi connectivity index (χ3v) is 4.00. The van der Waals surface area contributed by atoms with Crippen LogP contribution in [0, 0.1) is 6.92 Å². The molecular weight excluding hydrogens is 274 g/mol. The van der Waals surface area contributed by atoms with Crippen LogP contribution in [0.25, 0.3) is 0 Å². The normalized spacial score (nSPS) is 12.7. The van der Waals surface area contributed by atoms with Gasteiger partial charge in [-0.2, -0.15) is 0 Å². The molecule has 1 aromatic carbocycles. The lowest BCUT2D eigenvalue weighted by Gasteiger charge is -2.19. The van der Waals surface area contributed by atoms with Crippen LogP contribution in [0.15, 0.2) is 22.7 Å². The third-order valence-electron chi connectivity index (χ3n) is 3.15. The minimum atomic E-state index is 0.503. The molecule has 0 aliphatic heterocycles. The van der Waals surface area contributed by atoms with Crippen molar-refractivity contribution in [1.82, 2.24) is 5.32 Å². The number of unbranched alkanes of at least 4 members (excludes halogenated alkanes) is 2. The molecule has 1 aromatic rings. The number of aryl methyl sites for hydroxylation is 1. The summed E-state index contributed by atoms with van der Waals surface area (Å²) in [7, 11) is 0. The highest BCUT2D eigenvalue weighted by Crippen LogP contribution is 2.25. The molecule has 1 unspecified atom stereocenters. The summed E-state index contributed by atoms with van der Waals surface area (Å²) in [6.07, 6.45) is 5.15. The first-order chi connectivity index (χ1) is 8.19. The smallest absolute Gasteiger partial charge is 0.0320 e. The Balaban J connectivity index is 2.70. The minimum absolute atomic E-state index is 0.503. The number of hydrogen-bond acceptors (Lipinski definition) is 1. The van der Waals surface area contributed by atoms with E-state index in [9.17, 15) is 0 Å². The Morgan fingerprint density at radius 3 is 2.59 bits per heavy atom. The van der Waals surface area contributed by atoms with E-state index in [1.165, 1.54) is 41.3 Å². The zero-order valence-corrected chi connectivity index (χ0v) is 12.8. The number of rotatable bonds is 7. The largest absolute Gasteiger partial charge is 0.310 e. The molecule has 1 N–H and O–H groups in total. The Morgan fingerprint density at radius 1 is 1.24 bits per heavy atom. The zero-order valence-electron chi connectivity index (χ0n) is 11.2. The van der Waals surface area contributed by atoms with Crippen LogP contribution in [0.5, 0.6) is 0 Å². The van der Waals surface area contributed by atoms with Gasteiger partial charge in [-0.05, 0) is 37.1 Å². The van der Waals surface area contributed by atoms with Crippen molar-refractivity contribution in [1.29, 1.82) is 0 Å². The van der Waals surface area contributed by atoms with Gasteiger partial charge in [-0.25, -0.2) is 0 Å². The highest BCUT2D eigenvalue weighted by Gasteiger charge is 2.10. The van der Waals surface area contributed by atoms with Gasteiger partial charge in [-0.1, -0.05) is 61.2 Å². The lowest BCUT2D eigenvalue weighted by atomic mass is 9.99. The van der Waals surface area contributed by atoms with Gasteiger partial charge in [-0.15, -0.1) is 0 Å². The van der Waals surface area contributed by atoms with Crippen molar-refractivity contribution in [2.45, 2.75) is 52.5 Å². The summed E-state index contributed by atoms with van der Waals surface area (Å²) < 4.78 is 1.22. The van der Waals surface area contributed by atoms with Crippen LogP contribution < -0.4 is 5.32 Å². The molecule has 0 bridgehead atoms. The van der Waals surface area contributed by atoms with E-state index >= 15 is 0 Å². The first-order valence-electron chi connectivity index (χ1n) is 6.68. The Labute approximate surface area is 114 Å². The van der Waals surface area contributed by atoms with Gasteiger partial charge in [0, 0.05) is 10.5 Å². The quantitative estimate of drug-likeness (QED) is 0.699. The molecule has 0 amide bonds. The summed E-state index contributed by atoms with van der Waals surface area (Å²) in [5.41, 5.74) is 2.71. The fourth-order valence-corrected chi connectivity index (χ4v) is 2.45. The number of halogens is 1. The Kier molecular flexibility index (Phi) is 6.83. The molecule has 0 aromatic heterocycles. The van der Waals surface area contributed by atoms with Gasteiger partial charge >= 0.3 is 0 Å². The average Bonchev–Trinajstić information content (AvgIpc) is 2.32. The van der Waals surface area contributed by atoms with Crippen LogP contribution >= 0.6 is 15.9 Å². The van der Waals surface area contributed by atoms with Crippen molar-refractivity contribution >= 4 is 15.9 Å². The van der Waals surface area contributed by atoms with Crippen molar-refractivity contribution in [3.8, 4) is 0 Å². The van der Waals surface area contributed by atoms with Crippen LogP contribution in [-0.4, -0.2) is 6.54 Å². The summed E-state index contributed by atoms with van der Waals surface area (Å²) >= 11 is 3.62. The van der Waals surface area contributed by atoms with Crippen molar-refractivity contribution in [2.24, 2.45) is 0 Å². The lowest BCUT2D eigenvalue weighted by molar-refractivity contribution is 0.486. The van der Waals surface area contributed by atoms with Crippen molar-refractivity contribution in [2.75, 3.05) is 6.54 Å². The van der Waals surface area contributed by atoms with Crippen LogP contribution in [0.4, 0.5) is 0 Å². The third kappa shape index (κ3) is 4.81. The summed E-state index contributed by atoms with van der Waals surface area (Å²) in [5.74, 6) is 0. The van der Waals surface area contributed by atoms with E-state index in [0.29, 0.717) is 6.04 Å². The molecule has 0 fully saturated rings. The maximum atomic E-state index is 3.62. The second-order valence-corrected chi connectivity index (χ2v) is 5.47.